The van der Waals surface area contributed by atoms with Crippen molar-refractivity contribution < 1.29 is 18.8 Å². The first-order valence-electron chi connectivity index (χ1n) is 8.32. The van der Waals surface area contributed by atoms with Crippen LogP contribution in [-0.2, 0) is 9.53 Å². The number of ether oxygens (including phenoxy) is 1. The number of carbonyl (C=O) groups excluding carboxylic acids is 2. The molecule has 1 fully saturated rings. The Balaban J connectivity index is 2.05. The highest BCUT2D eigenvalue weighted by atomic mass is 16.6. The number of hydrogen-bond donors (Lipinski definition) is 1. The maximum atomic E-state index is 12.6. The molecule has 0 aromatic carbocycles. The van der Waals surface area contributed by atoms with E-state index in [4.69, 9.17) is 9.26 Å². The number of anilines is 1. The highest BCUT2D eigenvalue weighted by molar-refractivity contribution is 5.91. The number of carbonyl (C=O) groups is 2. The number of hydrogen-bond acceptors (Lipinski definition) is 5. The van der Waals surface area contributed by atoms with Crippen molar-refractivity contribution in [1.29, 1.82) is 0 Å². The van der Waals surface area contributed by atoms with Crippen LogP contribution in [-0.4, -0.2) is 40.2 Å². The number of aromatic nitrogens is 1. The lowest BCUT2D eigenvalue weighted by molar-refractivity contribution is -0.161. The molecule has 0 aliphatic carbocycles. The lowest BCUT2D eigenvalue weighted by Crippen LogP contribution is -2.50. The van der Waals surface area contributed by atoms with E-state index >= 15 is 0 Å². The number of aryl methyl sites for hydroxylation is 2. The van der Waals surface area contributed by atoms with Gasteiger partial charge in [-0.15, -0.1) is 0 Å². The zero-order valence-electron chi connectivity index (χ0n) is 15.3. The first kappa shape index (κ1) is 18.3. The number of piperidine rings is 1. The number of esters is 1. The van der Waals surface area contributed by atoms with E-state index in [0.29, 0.717) is 23.7 Å². The van der Waals surface area contributed by atoms with E-state index in [0.717, 1.165) is 12.8 Å². The van der Waals surface area contributed by atoms with Crippen molar-refractivity contribution in [1.82, 2.24) is 10.1 Å². The number of rotatable bonds is 2. The molecule has 1 saturated heterocycles. The summed E-state index contributed by atoms with van der Waals surface area (Å²) in [6.07, 6.45) is 1.49. The van der Waals surface area contributed by atoms with Gasteiger partial charge in [0.1, 0.15) is 17.0 Å². The lowest BCUT2D eigenvalue weighted by atomic mass is 9.93. The van der Waals surface area contributed by atoms with Gasteiger partial charge in [-0.1, -0.05) is 5.16 Å². The second kappa shape index (κ2) is 6.83. The van der Waals surface area contributed by atoms with Crippen molar-refractivity contribution in [3.05, 3.63) is 11.5 Å². The molecule has 7 heteroatoms. The molecule has 2 amide bonds. The molecule has 2 atom stereocenters. The van der Waals surface area contributed by atoms with Crippen molar-refractivity contribution in [2.24, 2.45) is 5.92 Å². The van der Waals surface area contributed by atoms with Gasteiger partial charge in [-0.2, -0.15) is 0 Å². The second-order valence-electron chi connectivity index (χ2n) is 7.44. The lowest BCUT2D eigenvalue weighted by Gasteiger charge is -2.37. The molecule has 1 aliphatic rings. The summed E-state index contributed by atoms with van der Waals surface area (Å²) in [6, 6.07) is -0.186. The average molecular weight is 337 g/mol. The predicted molar refractivity (Wildman–Crippen MR) is 89.7 cm³/mol. The Bertz CT molecular complexity index is 598. The maximum absolute atomic E-state index is 12.6. The SMILES string of the molecule is Cc1noc(C)c1NC(=O)N1C[C@@H](C(=O)OC(C)(C)C)CC[C@@H]1C. The molecule has 0 spiro atoms. The fraction of sp³-hybridized carbons (Fsp3) is 0.706. The monoisotopic (exact) mass is 337 g/mol. The van der Waals surface area contributed by atoms with Gasteiger partial charge in [0.15, 0.2) is 5.76 Å². The van der Waals surface area contributed by atoms with Crippen LogP contribution in [0.3, 0.4) is 0 Å². The number of nitrogens with one attached hydrogen (secondary N) is 1. The van der Waals surface area contributed by atoms with Crippen molar-refractivity contribution in [2.45, 2.75) is 66.0 Å². The Morgan fingerprint density at radius 3 is 2.50 bits per heavy atom. The van der Waals surface area contributed by atoms with Gasteiger partial charge in [0, 0.05) is 12.6 Å². The highest BCUT2D eigenvalue weighted by Gasteiger charge is 2.35. The Morgan fingerprint density at radius 2 is 1.96 bits per heavy atom. The minimum atomic E-state index is -0.524. The number of likely N-dealkylation sites (tertiary alicyclic amines) is 1. The van der Waals surface area contributed by atoms with Gasteiger partial charge >= 0.3 is 12.0 Å². The summed E-state index contributed by atoms with van der Waals surface area (Å²) in [4.78, 5) is 26.6. The van der Waals surface area contributed by atoms with Crippen LogP contribution in [0.2, 0.25) is 0 Å². The third-order valence-corrected chi connectivity index (χ3v) is 4.15. The Labute approximate surface area is 142 Å². The summed E-state index contributed by atoms with van der Waals surface area (Å²) in [5.41, 5.74) is 0.699. The van der Waals surface area contributed by atoms with E-state index in [2.05, 4.69) is 10.5 Å². The van der Waals surface area contributed by atoms with Crippen molar-refractivity contribution in [3.8, 4) is 0 Å². The fourth-order valence-electron chi connectivity index (χ4n) is 2.81. The summed E-state index contributed by atoms with van der Waals surface area (Å²) < 4.78 is 10.5. The van der Waals surface area contributed by atoms with Crippen LogP contribution in [0.1, 0.15) is 52.0 Å². The zero-order valence-corrected chi connectivity index (χ0v) is 15.3. The van der Waals surface area contributed by atoms with Crippen molar-refractivity contribution >= 4 is 17.7 Å². The van der Waals surface area contributed by atoms with Gasteiger partial charge in [0.05, 0.1) is 5.92 Å². The molecule has 0 saturated carbocycles. The molecule has 2 heterocycles. The van der Waals surface area contributed by atoms with Gasteiger partial charge in [-0.25, -0.2) is 4.79 Å². The van der Waals surface area contributed by atoms with E-state index in [9.17, 15) is 9.59 Å². The van der Waals surface area contributed by atoms with E-state index in [-0.39, 0.29) is 24.0 Å². The molecule has 0 unspecified atom stereocenters. The molecule has 2 rings (SSSR count). The minimum absolute atomic E-state index is 0.0594. The molecule has 7 nitrogen and oxygen atoms in total. The van der Waals surface area contributed by atoms with Gasteiger partial charge < -0.3 is 19.5 Å². The summed E-state index contributed by atoms with van der Waals surface area (Å²) in [7, 11) is 0. The highest BCUT2D eigenvalue weighted by Crippen LogP contribution is 2.26. The zero-order chi connectivity index (χ0) is 18.1. The van der Waals surface area contributed by atoms with Gasteiger partial charge in [0.25, 0.3) is 0 Å². The first-order valence-corrected chi connectivity index (χ1v) is 8.32. The standard InChI is InChI=1S/C17H27N3O4/c1-10-7-8-13(15(21)23-17(4,5)6)9-20(10)16(22)18-14-11(2)19-24-12(14)3/h10,13H,7-9H2,1-6H3,(H,18,22)/t10-,13-/m0/s1. The van der Waals surface area contributed by atoms with E-state index in [1.807, 2.05) is 27.7 Å². The van der Waals surface area contributed by atoms with Gasteiger partial charge in [0.2, 0.25) is 0 Å². The third kappa shape index (κ3) is 4.27. The third-order valence-electron chi connectivity index (χ3n) is 4.15. The Morgan fingerprint density at radius 1 is 1.29 bits per heavy atom. The summed E-state index contributed by atoms with van der Waals surface area (Å²) in [5.74, 6) is 0.0228. The molecule has 0 bridgehead atoms. The van der Waals surface area contributed by atoms with E-state index in [1.54, 1.807) is 18.7 Å². The van der Waals surface area contributed by atoms with Crippen LogP contribution in [0.5, 0.6) is 0 Å². The molecule has 1 aromatic rings. The maximum Gasteiger partial charge on any atom is 0.322 e. The van der Waals surface area contributed by atoms with E-state index < -0.39 is 5.60 Å². The minimum Gasteiger partial charge on any atom is -0.460 e. The number of urea groups is 1. The summed E-state index contributed by atoms with van der Waals surface area (Å²) in [5, 5.41) is 6.68. The molecule has 24 heavy (non-hydrogen) atoms. The molecule has 1 aliphatic heterocycles. The first-order chi connectivity index (χ1) is 11.1. The normalized spacial score (nSPS) is 21.5. The van der Waals surface area contributed by atoms with Gasteiger partial charge in [-0.3, -0.25) is 4.79 Å². The fourth-order valence-corrected chi connectivity index (χ4v) is 2.81. The average Bonchev–Trinajstić information content (AvgIpc) is 2.77. The van der Waals surface area contributed by atoms with Crippen LogP contribution in [0.25, 0.3) is 0 Å². The molecule has 1 aromatic heterocycles. The van der Waals surface area contributed by atoms with Crippen LogP contribution in [0.15, 0.2) is 4.52 Å². The van der Waals surface area contributed by atoms with Crippen molar-refractivity contribution in [2.75, 3.05) is 11.9 Å². The van der Waals surface area contributed by atoms with Crippen LogP contribution < -0.4 is 5.32 Å². The second-order valence-corrected chi connectivity index (χ2v) is 7.44. The largest absolute Gasteiger partial charge is 0.460 e. The van der Waals surface area contributed by atoms with Crippen LogP contribution in [0, 0.1) is 19.8 Å². The van der Waals surface area contributed by atoms with Crippen molar-refractivity contribution in [3.63, 3.8) is 0 Å². The molecular formula is C17H27N3O4. The summed E-state index contributed by atoms with van der Waals surface area (Å²) >= 11 is 0. The Hall–Kier alpha value is -2.05. The molecule has 0 radical (unpaired) electrons. The molecular weight excluding hydrogens is 310 g/mol. The van der Waals surface area contributed by atoms with Crippen LogP contribution in [0.4, 0.5) is 10.5 Å². The number of nitrogens with zero attached hydrogens (tertiary/aromatic N) is 2. The van der Waals surface area contributed by atoms with Gasteiger partial charge in [-0.05, 0) is 54.4 Å². The quantitative estimate of drug-likeness (QED) is 0.837. The molecule has 134 valence electrons. The topological polar surface area (TPSA) is 84.7 Å². The molecule has 1 N–H and O–H groups in total. The number of amides is 2. The van der Waals surface area contributed by atoms with Crippen LogP contribution >= 0.6 is 0 Å². The summed E-state index contributed by atoms with van der Waals surface area (Å²) in [6.45, 7) is 11.4. The predicted octanol–water partition coefficient (Wildman–Crippen LogP) is 3.27. The smallest absolute Gasteiger partial charge is 0.322 e. The Kier molecular flexibility index (Phi) is 5.20. The van der Waals surface area contributed by atoms with E-state index in [1.165, 1.54) is 0 Å².